The lowest BCUT2D eigenvalue weighted by molar-refractivity contribution is 0.338. The molecule has 0 aliphatic carbocycles. The second-order valence-corrected chi connectivity index (χ2v) is 8.33. The Morgan fingerprint density at radius 3 is 2.75 bits per heavy atom. The molecule has 2 saturated heterocycles. The largest absolute Gasteiger partial charge is 0.316 e. The van der Waals surface area contributed by atoms with Gasteiger partial charge in [-0.3, -0.25) is 0 Å². The summed E-state index contributed by atoms with van der Waals surface area (Å²) in [6.07, 6.45) is 2.05. The minimum Gasteiger partial charge on any atom is -0.316 e. The van der Waals surface area contributed by atoms with E-state index in [4.69, 9.17) is 0 Å². The van der Waals surface area contributed by atoms with Gasteiger partial charge in [0.05, 0.1) is 4.90 Å². The lowest BCUT2D eigenvalue weighted by Gasteiger charge is -2.22. The molecule has 3 rings (SSSR count). The number of rotatable bonds is 2. The van der Waals surface area contributed by atoms with E-state index >= 15 is 0 Å². The van der Waals surface area contributed by atoms with Gasteiger partial charge in [-0.1, -0.05) is 22.0 Å². The van der Waals surface area contributed by atoms with E-state index in [0.717, 1.165) is 30.4 Å². The highest BCUT2D eigenvalue weighted by atomic mass is 79.9. The molecule has 7 heteroatoms. The van der Waals surface area contributed by atoms with Gasteiger partial charge in [-0.15, -0.1) is 12.4 Å². The standard InChI is InChI=1S/C13H17BrN2O2S.ClH/c14-11-2-1-3-12(8-11)19(17,18)16-7-5-13(10-16)4-6-15-9-13;/h1-3,8,15H,4-7,9-10H2;1H. The van der Waals surface area contributed by atoms with Crippen molar-refractivity contribution < 1.29 is 8.42 Å². The first-order valence-corrected chi connectivity index (χ1v) is 8.72. The van der Waals surface area contributed by atoms with Gasteiger partial charge >= 0.3 is 0 Å². The number of hydrogen-bond acceptors (Lipinski definition) is 3. The zero-order valence-corrected chi connectivity index (χ0v) is 14.2. The molecule has 2 heterocycles. The fraction of sp³-hybridized carbons (Fsp3) is 0.538. The van der Waals surface area contributed by atoms with Crippen molar-refractivity contribution in [2.24, 2.45) is 5.41 Å². The number of nitrogens with zero attached hydrogens (tertiary/aromatic N) is 1. The minimum atomic E-state index is -3.35. The molecule has 1 aromatic rings. The molecule has 112 valence electrons. The van der Waals surface area contributed by atoms with Gasteiger partial charge in [0.25, 0.3) is 0 Å². The van der Waals surface area contributed by atoms with Crippen molar-refractivity contribution in [2.45, 2.75) is 17.7 Å². The van der Waals surface area contributed by atoms with Crippen molar-refractivity contribution in [3.05, 3.63) is 28.7 Å². The quantitative estimate of drug-likeness (QED) is 0.855. The van der Waals surface area contributed by atoms with Crippen LogP contribution in [-0.2, 0) is 10.0 Å². The molecule has 20 heavy (non-hydrogen) atoms. The molecule has 0 amide bonds. The summed E-state index contributed by atoms with van der Waals surface area (Å²) in [4.78, 5) is 0.380. The van der Waals surface area contributed by atoms with Gasteiger partial charge in [0.15, 0.2) is 0 Å². The predicted molar refractivity (Wildman–Crippen MR) is 84.7 cm³/mol. The summed E-state index contributed by atoms with van der Waals surface area (Å²) in [6, 6.07) is 6.94. The molecule has 1 N–H and O–H groups in total. The van der Waals surface area contributed by atoms with E-state index in [1.165, 1.54) is 0 Å². The van der Waals surface area contributed by atoms with Crippen LogP contribution >= 0.6 is 28.3 Å². The number of sulfonamides is 1. The van der Waals surface area contributed by atoms with Crippen LogP contribution in [0, 0.1) is 5.41 Å². The zero-order valence-electron chi connectivity index (χ0n) is 11.0. The van der Waals surface area contributed by atoms with Crippen molar-refractivity contribution in [2.75, 3.05) is 26.2 Å². The monoisotopic (exact) mass is 380 g/mol. The Kier molecular flexibility index (Phi) is 4.81. The Labute approximate surface area is 134 Å². The van der Waals surface area contributed by atoms with Crippen molar-refractivity contribution >= 4 is 38.4 Å². The second kappa shape index (κ2) is 5.93. The van der Waals surface area contributed by atoms with Crippen LogP contribution in [0.15, 0.2) is 33.6 Å². The van der Waals surface area contributed by atoms with E-state index in [1.54, 1.807) is 22.5 Å². The molecule has 0 bridgehead atoms. The molecule has 1 aromatic carbocycles. The Bertz CT molecular complexity index is 588. The molecule has 0 saturated carbocycles. The Balaban J connectivity index is 0.00000147. The Morgan fingerprint density at radius 1 is 1.30 bits per heavy atom. The maximum atomic E-state index is 12.6. The minimum absolute atomic E-state index is 0. The fourth-order valence-electron chi connectivity index (χ4n) is 3.02. The normalized spacial score (nSPS) is 26.9. The molecule has 1 unspecified atom stereocenters. The van der Waals surface area contributed by atoms with Crippen LogP contribution in [0.3, 0.4) is 0 Å². The zero-order chi connectivity index (χ0) is 13.5. The van der Waals surface area contributed by atoms with Crippen molar-refractivity contribution in [3.63, 3.8) is 0 Å². The maximum Gasteiger partial charge on any atom is 0.243 e. The SMILES string of the molecule is Cl.O=S(=O)(c1cccc(Br)c1)N1CCC2(CCNC2)C1. The second-order valence-electron chi connectivity index (χ2n) is 5.47. The van der Waals surface area contributed by atoms with E-state index in [1.807, 2.05) is 6.07 Å². The van der Waals surface area contributed by atoms with Crippen molar-refractivity contribution in [1.29, 1.82) is 0 Å². The summed E-state index contributed by atoms with van der Waals surface area (Å²) in [5, 5.41) is 3.35. The molecule has 2 fully saturated rings. The maximum absolute atomic E-state index is 12.6. The first-order valence-electron chi connectivity index (χ1n) is 6.48. The topological polar surface area (TPSA) is 49.4 Å². The average Bonchev–Trinajstić information content (AvgIpc) is 3.01. The van der Waals surface area contributed by atoms with Gasteiger partial charge in [-0.25, -0.2) is 8.42 Å². The molecule has 0 radical (unpaired) electrons. The van der Waals surface area contributed by atoms with Crippen LogP contribution in [0.25, 0.3) is 0 Å². The van der Waals surface area contributed by atoms with Crippen LogP contribution in [0.1, 0.15) is 12.8 Å². The van der Waals surface area contributed by atoms with Crippen LogP contribution in [0.2, 0.25) is 0 Å². The van der Waals surface area contributed by atoms with E-state index in [-0.39, 0.29) is 17.8 Å². The summed E-state index contributed by atoms with van der Waals surface area (Å²) in [5.74, 6) is 0. The average molecular weight is 382 g/mol. The van der Waals surface area contributed by atoms with Gasteiger partial charge in [0, 0.05) is 24.1 Å². The van der Waals surface area contributed by atoms with Gasteiger partial charge in [0.1, 0.15) is 0 Å². The smallest absolute Gasteiger partial charge is 0.243 e. The molecule has 2 aliphatic heterocycles. The Hall–Kier alpha value is -0.140. The number of nitrogens with one attached hydrogen (secondary N) is 1. The third-order valence-electron chi connectivity index (χ3n) is 4.17. The van der Waals surface area contributed by atoms with Crippen LogP contribution in [-0.4, -0.2) is 38.9 Å². The fourth-order valence-corrected chi connectivity index (χ4v) is 5.17. The molecule has 1 spiro atoms. The van der Waals surface area contributed by atoms with Crippen molar-refractivity contribution in [1.82, 2.24) is 9.62 Å². The molecule has 0 aromatic heterocycles. The Morgan fingerprint density at radius 2 is 2.10 bits per heavy atom. The van der Waals surface area contributed by atoms with E-state index in [2.05, 4.69) is 21.2 Å². The number of benzene rings is 1. The number of hydrogen-bond donors (Lipinski definition) is 1. The molecule has 1 atom stereocenters. The lowest BCUT2D eigenvalue weighted by Crippen LogP contribution is -2.33. The highest BCUT2D eigenvalue weighted by Crippen LogP contribution is 2.38. The van der Waals surface area contributed by atoms with E-state index < -0.39 is 10.0 Å². The first-order chi connectivity index (χ1) is 9.02. The van der Waals surface area contributed by atoms with E-state index in [9.17, 15) is 8.42 Å². The van der Waals surface area contributed by atoms with Gasteiger partial charge in [-0.2, -0.15) is 4.31 Å². The summed E-state index contributed by atoms with van der Waals surface area (Å²) in [5.41, 5.74) is 0.166. The van der Waals surface area contributed by atoms with Crippen LogP contribution < -0.4 is 5.32 Å². The third-order valence-corrected chi connectivity index (χ3v) is 6.50. The summed E-state index contributed by atoms with van der Waals surface area (Å²) >= 11 is 3.33. The third kappa shape index (κ3) is 2.90. The van der Waals surface area contributed by atoms with Crippen molar-refractivity contribution in [3.8, 4) is 0 Å². The molecule has 2 aliphatic rings. The van der Waals surface area contributed by atoms with Gasteiger partial charge in [-0.05, 0) is 43.0 Å². The summed E-state index contributed by atoms with van der Waals surface area (Å²) < 4.78 is 27.7. The highest BCUT2D eigenvalue weighted by molar-refractivity contribution is 9.10. The molecular formula is C13H18BrClN2O2S. The van der Waals surface area contributed by atoms with Crippen LogP contribution in [0.4, 0.5) is 0 Å². The first kappa shape index (κ1) is 16.2. The van der Waals surface area contributed by atoms with E-state index in [0.29, 0.717) is 18.0 Å². The number of halogens is 2. The highest BCUT2D eigenvalue weighted by Gasteiger charge is 2.44. The van der Waals surface area contributed by atoms with Gasteiger partial charge in [0.2, 0.25) is 10.0 Å². The lowest BCUT2D eigenvalue weighted by atomic mass is 9.87. The molecular weight excluding hydrogens is 364 g/mol. The summed E-state index contributed by atoms with van der Waals surface area (Å²) in [6.45, 7) is 3.23. The molecule has 4 nitrogen and oxygen atoms in total. The summed E-state index contributed by atoms with van der Waals surface area (Å²) in [7, 11) is -3.35. The van der Waals surface area contributed by atoms with Crippen LogP contribution in [0.5, 0.6) is 0 Å². The predicted octanol–water partition coefficient (Wildman–Crippen LogP) is 2.25. The van der Waals surface area contributed by atoms with Gasteiger partial charge < -0.3 is 5.32 Å².